The molecule has 2 N–H and O–H groups in total. The van der Waals surface area contributed by atoms with Gasteiger partial charge in [-0.3, -0.25) is 4.90 Å². The minimum atomic E-state index is 0.549. The molecule has 1 aromatic rings. The first-order valence-electron chi connectivity index (χ1n) is 6.28. The zero-order chi connectivity index (χ0) is 14.1. The Morgan fingerprint density at radius 2 is 2.11 bits per heavy atom. The van der Waals surface area contributed by atoms with Crippen molar-refractivity contribution in [3.63, 3.8) is 0 Å². The van der Waals surface area contributed by atoms with Gasteiger partial charge in [0, 0.05) is 33.2 Å². The number of benzene rings is 1. The van der Waals surface area contributed by atoms with Crippen LogP contribution in [-0.4, -0.2) is 43.8 Å². The lowest BCUT2D eigenvalue weighted by molar-refractivity contribution is 0.146. The van der Waals surface area contributed by atoms with Crippen LogP contribution < -0.4 is 10.5 Å². The van der Waals surface area contributed by atoms with Crippen molar-refractivity contribution in [2.45, 2.75) is 13.0 Å². The smallest absolute Gasteiger partial charge is 0.119 e. The van der Waals surface area contributed by atoms with E-state index in [2.05, 4.69) is 11.0 Å². The molecular formula is C14H22N2O2S. The fraction of sp³-hybridized carbons (Fsp3) is 0.500. The van der Waals surface area contributed by atoms with Gasteiger partial charge in [0.15, 0.2) is 0 Å². The van der Waals surface area contributed by atoms with E-state index < -0.39 is 0 Å². The van der Waals surface area contributed by atoms with E-state index in [0.717, 1.165) is 31.8 Å². The van der Waals surface area contributed by atoms with Gasteiger partial charge in [-0.25, -0.2) is 0 Å². The van der Waals surface area contributed by atoms with E-state index in [9.17, 15) is 0 Å². The molecule has 0 saturated carbocycles. The standard InChI is InChI=1S/C14H22N2O2S/c1-17-9-8-16(7-6-14(15)19)11-12-4-3-5-13(10-12)18-2/h3-5,10H,6-9,11H2,1-2H3,(H2,15,19). The van der Waals surface area contributed by atoms with Crippen molar-refractivity contribution in [1.82, 2.24) is 4.90 Å². The molecule has 0 aliphatic heterocycles. The maximum atomic E-state index is 5.56. The molecule has 0 amide bonds. The lowest BCUT2D eigenvalue weighted by Gasteiger charge is -2.22. The van der Waals surface area contributed by atoms with E-state index in [1.165, 1.54) is 5.56 Å². The van der Waals surface area contributed by atoms with Gasteiger partial charge in [0.05, 0.1) is 18.7 Å². The van der Waals surface area contributed by atoms with Gasteiger partial charge in [0.1, 0.15) is 5.75 Å². The average Bonchev–Trinajstić information content (AvgIpc) is 2.42. The number of hydrogen-bond acceptors (Lipinski definition) is 4. The highest BCUT2D eigenvalue weighted by atomic mass is 32.1. The molecular weight excluding hydrogens is 260 g/mol. The molecule has 0 aliphatic carbocycles. The second kappa shape index (κ2) is 8.85. The van der Waals surface area contributed by atoms with Crippen LogP contribution in [0.1, 0.15) is 12.0 Å². The summed E-state index contributed by atoms with van der Waals surface area (Å²) >= 11 is 4.93. The number of rotatable bonds is 9. The van der Waals surface area contributed by atoms with Gasteiger partial charge >= 0.3 is 0 Å². The molecule has 19 heavy (non-hydrogen) atoms. The van der Waals surface area contributed by atoms with Gasteiger partial charge in [0.25, 0.3) is 0 Å². The molecule has 4 nitrogen and oxygen atoms in total. The minimum absolute atomic E-state index is 0.549. The lowest BCUT2D eigenvalue weighted by atomic mass is 10.2. The summed E-state index contributed by atoms with van der Waals surface area (Å²) < 4.78 is 10.4. The fourth-order valence-corrected chi connectivity index (χ4v) is 1.88. The van der Waals surface area contributed by atoms with Crippen LogP contribution in [0.15, 0.2) is 24.3 Å². The second-order valence-corrected chi connectivity index (χ2v) is 4.86. The van der Waals surface area contributed by atoms with Crippen molar-refractivity contribution in [3.8, 4) is 5.75 Å². The molecule has 0 atom stereocenters. The van der Waals surface area contributed by atoms with Crippen LogP contribution >= 0.6 is 12.2 Å². The highest BCUT2D eigenvalue weighted by molar-refractivity contribution is 7.80. The minimum Gasteiger partial charge on any atom is -0.497 e. The SMILES string of the molecule is COCCN(CCC(N)=S)Cc1cccc(OC)c1. The highest BCUT2D eigenvalue weighted by Crippen LogP contribution is 2.14. The molecule has 0 aliphatic rings. The average molecular weight is 282 g/mol. The molecule has 0 spiro atoms. The van der Waals surface area contributed by atoms with Crippen molar-refractivity contribution in [2.75, 3.05) is 33.9 Å². The van der Waals surface area contributed by atoms with Crippen LogP contribution in [0.2, 0.25) is 0 Å². The predicted octanol–water partition coefficient (Wildman–Crippen LogP) is 1.82. The van der Waals surface area contributed by atoms with Gasteiger partial charge in [-0.2, -0.15) is 0 Å². The number of methoxy groups -OCH3 is 2. The Morgan fingerprint density at radius 1 is 1.32 bits per heavy atom. The van der Waals surface area contributed by atoms with E-state index in [1.54, 1.807) is 14.2 Å². The molecule has 0 bridgehead atoms. The third-order valence-corrected chi connectivity index (χ3v) is 3.03. The number of ether oxygens (including phenoxy) is 2. The molecule has 106 valence electrons. The van der Waals surface area contributed by atoms with E-state index in [4.69, 9.17) is 27.4 Å². The van der Waals surface area contributed by atoms with Crippen LogP contribution in [0.25, 0.3) is 0 Å². The van der Waals surface area contributed by atoms with E-state index in [-0.39, 0.29) is 0 Å². The number of nitrogens with zero attached hydrogens (tertiary/aromatic N) is 1. The predicted molar refractivity (Wildman–Crippen MR) is 81.5 cm³/mol. The first kappa shape index (κ1) is 15.9. The maximum Gasteiger partial charge on any atom is 0.119 e. The van der Waals surface area contributed by atoms with Crippen molar-refractivity contribution < 1.29 is 9.47 Å². The zero-order valence-corrected chi connectivity index (χ0v) is 12.4. The first-order chi connectivity index (χ1) is 9.15. The maximum absolute atomic E-state index is 5.56. The molecule has 0 radical (unpaired) electrons. The largest absolute Gasteiger partial charge is 0.497 e. The molecule has 0 saturated heterocycles. The summed E-state index contributed by atoms with van der Waals surface area (Å²) in [5.41, 5.74) is 6.77. The molecule has 1 rings (SSSR count). The monoisotopic (exact) mass is 282 g/mol. The van der Waals surface area contributed by atoms with Crippen LogP contribution in [0, 0.1) is 0 Å². The fourth-order valence-electron chi connectivity index (χ4n) is 1.79. The molecule has 5 heteroatoms. The summed E-state index contributed by atoms with van der Waals surface area (Å²) in [6.07, 6.45) is 0.725. The lowest BCUT2D eigenvalue weighted by Crippen LogP contribution is -2.30. The van der Waals surface area contributed by atoms with Crippen molar-refractivity contribution in [3.05, 3.63) is 29.8 Å². The summed E-state index contributed by atoms with van der Waals surface area (Å²) in [6.45, 7) is 3.23. The highest BCUT2D eigenvalue weighted by Gasteiger charge is 2.07. The van der Waals surface area contributed by atoms with E-state index in [1.807, 2.05) is 18.2 Å². The Bertz CT molecular complexity index is 399. The third-order valence-electron chi connectivity index (χ3n) is 2.83. The topological polar surface area (TPSA) is 47.7 Å². The Kier molecular flexibility index (Phi) is 7.40. The number of hydrogen-bond donors (Lipinski definition) is 1. The number of thiocarbonyl (C=S) groups is 1. The van der Waals surface area contributed by atoms with E-state index >= 15 is 0 Å². The normalized spacial score (nSPS) is 10.7. The first-order valence-corrected chi connectivity index (χ1v) is 6.69. The van der Waals surface area contributed by atoms with Crippen LogP contribution in [0.5, 0.6) is 5.75 Å². The molecule has 0 fully saturated rings. The van der Waals surface area contributed by atoms with Gasteiger partial charge in [0.2, 0.25) is 0 Å². The van der Waals surface area contributed by atoms with Crippen LogP contribution in [-0.2, 0) is 11.3 Å². The summed E-state index contributed by atoms with van der Waals surface area (Å²) in [5.74, 6) is 0.874. The molecule has 1 aromatic carbocycles. The molecule has 0 heterocycles. The Morgan fingerprint density at radius 3 is 2.74 bits per heavy atom. The third kappa shape index (κ3) is 6.52. The summed E-state index contributed by atoms with van der Waals surface area (Å²) in [7, 11) is 3.38. The van der Waals surface area contributed by atoms with Gasteiger partial charge in [-0.1, -0.05) is 24.4 Å². The summed E-state index contributed by atoms with van der Waals surface area (Å²) in [6, 6.07) is 8.07. The Balaban J connectivity index is 2.60. The van der Waals surface area contributed by atoms with E-state index in [0.29, 0.717) is 11.6 Å². The zero-order valence-electron chi connectivity index (χ0n) is 11.6. The quantitative estimate of drug-likeness (QED) is 0.700. The van der Waals surface area contributed by atoms with Crippen LogP contribution in [0.3, 0.4) is 0 Å². The van der Waals surface area contributed by atoms with Crippen molar-refractivity contribution in [1.29, 1.82) is 0 Å². The Labute approximate surface area is 120 Å². The summed E-state index contributed by atoms with van der Waals surface area (Å²) in [4.78, 5) is 2.82. The summed E-state index contributed by atoms with van der Waals surface area (Å²) in [5, 5.41) is 0. The van der Waals surface area contributed by atoms with Gasteiger partial charge < -0.3 is 15.2 Å². The van der Waals surface area contributed by atoms with Crippen LogP contribution in [0.4, 0.5) is 0 Å². The molecule has 0 unspecified atom stereocenters. The van der Waals surface area contributed by atoms with Crippen molar-refractivity contribution in [2.24, 2.45) is 5.73 Å². The Hall–Kier alpha value is -1.17. The van der Waals surface area contributed by atoms with Crippen molar-refractivity contribution >= 4 is 17.2 Å². The van der Waals surface area contributed by atoms with Gasteiger partial charge in [-0.05, 0) is 17.7 Å². The number of nitrogens with two attached hydrogens (primary N) is 1. The van der Waals surface area contributed by atoms with Gasteiger partial charge in [-0.15, -0.1) is 0 Å². The molecule has 0 aromatic heterocycles. The second-order valence-electron chi connectivity index (χ2n) is 4.34.